The van der Waals surface area contributed by atoms with Gasteiger partial charge in [-0.3, -0.25) is 9.59 Å². The Morgan fingerprint density at radius 3 is 2.43 bits per heavy atom. The molecule has 2 aliphatic heterocycles. The summed E-state index contributed by atoms with van der Waals surface area (Å²) >= 11 is 1.28. The topological polar surface area (TPSA) is 132 Å². The molecule has 3 atom stereocenters. The van der Waals surface area contributed by atoms with Gasteiger partial charge in [0.05, 0.1) is 46.7 Å². The molecule has 3 N–H and O–H groups in total. The number of aliphatic hydroxyl groups is 1. The van der Waals surface area contributed by atoms with Crippen molar-refractivity contribution in [3.05, 3.63) is 23.5 Å². The Labute approximate surface area is 267 Å². The van der Waals surface area contributed by atoms with Crippen molar-refractivity contribution in [2.24, 2.45) is 22.2 Å². The third-order valence-electron chi connectivity index (χ3n) is 10.6. The zero-order valence-corrected chi connectivity index (χ0v) is 26.3. The van der Waals surface area contributed by atoms with Crippen molar-refractivity contribution in [3.8, 4) is 0 Å². The van der Waals surface area contributed by atoms with E-state index in [0.29, 0.717) is 15.9 Å². The van der Waals surface area contributed by atoms with E-state index in [1.54, 1.807) is 10.4 Å². The molecule has 10 nitrogen and oxygen atoms in total. The smallest absolute Gasteiger partial charge is 0.403 e. The van der Waals surface area contributed by atoms with Crippen LogP contribution in [0.1, 0.15) is 51.9 Å². The molecule has 0 unspecified atom stereocenters. The first-order valence-electron chi connectivity index (χ1n) is 15.6. The fourth-order valence-corrected chi connectivity index (χ4v) is 8.39. The molecule has 252 valence electrons. The number of carbonyl (C=O) groups is 3. The van der Waals surface area contributed by atoms with Gasteiger partial charge >= 0.3 is 12.1 Å². The van der Waals surface area contributed by atoms with Gasteiger partial charge in [-0.05, 0) is 38.7 Å². The van der Waals surface area contributed by atoms with Gasteiger partial charge in [0, 0.05) is 43.1 Å². The van der Waals surface area contributed by atoms with Crippen LogP contribution in [-0.2, 0) is 19.1 Å². The average Bonchev–Trinajstić information content (AvgIpc) is 3.54. The van der Waals surface area contributed by atoms with Crippen LogP contribution in [0, 0.1) is 28.0 Å². The second-order valence-corrected chi connectivity index (χ2v) is 14.6. The predicted molar refractivity (Wildman–Crippen MR) is 160 cm³/mol. The zero-order valence-electron chi connectivity index (χ0n) is 25.4. The first kappa shape index (κ1) is 32.9. The zero-order chi connectivity index (χ0) is 33.1. The summed E-state index contributed by atoms with van der Waals surface area (Å²) < 4.78 is 62.5. The molecule has 2 saturated carbocycles. The number of halogens is 4. The maximum Gasteiger partial charge on any atom is 0.403 e. The molecule has 1 aromatic heterocycles. The van der Waals surface area contributed by atoms with E-state index in [-0.39, 0.29) is 52.2 Å². The molecule has 4 fully saturated rings. The van der Waals surface area contributed by atoms with E-state index in [4.69, 9.17) is 4.74 Å². The number of carboxylic acid groups (broad SMARTS) is 1. The highest BCUT2D eigenvalue weighted by Gasteiger charge is 2.71. The van der Waals surface area contributed by atoms with Crippen molar-refractivity contribution >= 4 is 45.0 Å². The van der Waals surface area contributed by atoms with Gasteiger partial charge in [0.1, 0.15) is 11.2 Å². The summed E-state index contributed by atoms with van der Waals surface area (Å²) in [6, 6.07) is 1.16. The van der Waals surface area contributed by atoms with E-state index < -0.39 is 64.1 Å². The van der Waals surface area contributed by atoms with E-state index in [1.807, 2.05) is 0 Å². The second kappa shape index (κ2) is 11.9. The van der Waals surface area contributed by atoms with Gasteiger partial charge in [-0.2, -0.15) is 13.2 Å². The van der Waals surface area contributed by atoms with Crippen LogP contribution in [0.4, 0.5) is 23.2 Å². The lowest BCUT2D eigenvalue weighted by Crippen LogP contribution is -2.66. The maximum atomic E-state index is 14.6. The Hall–Kier alpha value is -3.04. The molecule has 1 aromatic carbocycles. The lowest BCUT2D eigenvalue weighted by atomic mass is 9.70. The monoisotopic (exact) mass is 670 g/mol. The number of carboxylic acids is 1. The molecule has 6 rings (SSSR count). The van der Waals surface area contributed by atoms with Crippen molar-refractivity contribution in [1.82, 2.24) is 15.2 Å². The summed E-state index contributed by atoms with van der Waals surface area (Å²) in [5.41, 5.74) is -1.40. The van der Waals surface area contributed by atoms with Gasteiger partial charge in [-0.1, -0.05) is 19.3 Å². The number of alkyl halides is 3. The summed E-state index contributed by atoms with van der Waals surface area (Å²) in [7, 11) is 0. The lowest BCUT2D eigenvalue weighted by Gasteiger charge is -2.51. The quantitative estimate of drug-likeness (QED) is 0.324. The largest absolute Gasteiger partial charge is 0.480 e. The van der Waals surface area contributed by atoms with Gasteiger partial charge in [0.25, 0.3) is 0 Å². The van der Waals surface area contributed by atoms with E-state index in [2.05, 4.69) is 10.3 Å². The minimum absolute atomic E-state index is 0.0317. The number of hydrogen-bond donors (Lipinski definition) is 3. The molecule has 2 amide bonds. The Kier molecular flexibility index (Phi) is 8.50. The van der Waals surface area contributed by atoms with Gasteiger partial charge in [0.2, 0.25) is 11.8 Å². The third kappa shape index (κ3) is 5.72. The van der Waals surface area contributed by atoms with E-state index in [1.165, 1.54) is 30.4 Å². The van der Waals surface area contributed by atoms with Gasteiger partial charge < -0.3 is 30.1 Å². The van der Waals surface area contributed by atoms with Gasteiger partial charge in [-0.25, -0.2) is 14.2 Å². The number of hydrogen-bond acceptors (Lipinski definition) is 8. The number of ether oxygens (including phenoxy) is 1. The fraction of sp³-hybridized carbons (Fsp3) is 0.677. The summed E-state index contributed by atoms with van der Waals surface area (Å²) in [5, 5.41) is 22.7. The van der Waals surface area contributed by atoms with Crippen LogP contribution in [0.25, 0.3) is 10.2 Å². The number of benzene rings is 1. The number of amides is 2. The first-order valence-corrected chi connectivity index (χ1v) is 16.5. The molecule has 0 bridgehead atoms. The normalized spacial score (nSPS) is 24.4. The number of thiazole rings is 1. The van der Waals surface area contributed by atoms with E-state index in [9.17, 15) is 42.2 Å². The molecule has 15 heteroatoms. The second-order valence-electron chi connectivity index (χ2n) is 13.7. The highest BCUT2D eigenvalue weighted by atomic mass is 32.1. The molecular weight excluding hydrogens is 632 g/mol. The number of aliphatic carboxylic acids is 1. The molecule has 3 heterocycles. The number of aliphatic hydroxyl groups excluding tert-OH is 1. The van der Waals surface area contributed by atoms with Crippen molar-refractivity contribution in [2.45, 2.75) is 70.2 Å². The predicted octanol–water partition coefficient (Wildman–Crippen LogP) is 3.96. The minimum Gasteiger partial charge on any atom is -0.480 e. The number of nitrogens with zero attached hydrogens (tertiary/aromatic N) is 3. The van der Waals surface area contributed by atoms with Crippen molar-refractivity contribution < 1.29 is 46.9 Å². The van der Waals surface area contributed by atoms with Crippen LogP contribution in [0.3, 0.4) is 0 Å². The van der Waals surface area contributed by atoms with Gasteiger partial charge in [0.15, 0.2) is 6.04 Å². The van der Waals surface area contributed by atoms with Crippen LogP contribution >= 0.6 is 11.3 Å². The van der Waals surface area contributed by atoms with Crippen LogP contribution in [-0.4, -0.2) is 95.6 Å². The SMILES string of the molecule is C[C@@H](OCC1(CO)CCCCC1)[C@H](NC(=O)[C@@H]1CN(c2cc(F)cc3ncsc23)CC12CN(C(=O)C1(C(F)(F)F)CC1)C2)C(=O)O. The maximum absolute atomic E-state index is 14.6. The fourth-order valence-electron chi connectivity index (χ4n) is 7.58. The molecule has 2 aromatic rings. The number of carbonyl (C=O) groups excluding carboxylic acids is 2. The Morgan fingerprint density at radius 1 is 1.13 bits per heavy atom. The van der Waals surface area contributed by atoms with Crippen molar-refractivity contribution in [3.63, 3.8) is 0 Å². The standard InChI is InChI=1S/C31H38F4N4O6S/c1-18(45-16-28(15-40)5-3-2-4-6-28)23(26(42)43)37-25(41)20-11-38(22-10-19(32)9-21-24(22)46-17-36-21)12-29(20)13-39(14-29)27(44)30(7-8-30)31(33,34)35/h9-10,17-18,20,23,40H,2-8,11-16H2,1H3,(H,37,41)(H,42,43)/t18-,20+,23+/m1/s1. The number of likely N-dealkylation sites (tertiary alicyclic amines) is 1. The summed E-state index contributed by atoms with van der Waals surface area (Å²) in [4.78, 5) is 46.4. The molecule has 46 heavy (non-hydrogen) atoms. The first-order chi connectivity index (χ1) is 21.7. The highest BCUT2D eigenvalue weighted by Crippen LogP contribution is 2.60. The molecule has 1 spiro atoms. The lowest BCUT2D eigenvalue weighted by molar-refractivity contribution is -0.205. The number of aromatic nitrogens is 1. The number of nitrogens with one attached hydrogen (secondary N) is 1. The van der Waals surface area contributed by atoms with Crippen LogP contribution in [0.2, 0.25) is 0 Å². The minimum atomic E-state index is -4.68. The van der Waals surface area contributed by atoms with Crippen LogP contribution in [0.15, 0.2) is 17.6 Å². The molecule has 0 radical (unpaired) electrons. The Balaban J connectivity index is 1.22. The number of fused-ring (bicyclic) bond motifs is 1. The Morgan fingerprint density at radius 2 is 1.83 bits per heavy atom. The Bertz CT molecular complexity index is 1500. The number of anilines is 1. The molecular formula is C31H38F4N4O6S. The molecule has 2 aliphatic carbocycles. The highest BCUT2D eigenvalue weighted by molar-refractivity contribution is 7.17. The summed E-state index contributed by atoms with van der Waals surface area (Å²) in [6.45, 7) is 1.50. The average molecular weight is 671 g/mol. The van der Waals surface area contributed by atoms with Crippen LogP contribution in [0.5, 0.6) is 0 Å². The van der Waals surface area contributed by atoms with Crippen molar-refractivity contribution in [1.29, 1.82) is 0 Å². The van der Waals surface area contributed by atoms with E-state index >= 15 is 0 Å². The van der Waals surface area contributed by atoms with Gasteiger partial charge in [-0.15, -0.1) is 11.3 Å². The summed E-state index contributed by atoms with van der Waals surface area (Å²) in [6.07, 6.45) is -1.79. The molecule has 2 saturated heterocycles. The van der Waals surface area contributed by atoms with Crippen LogP contribution < -0.4 is 10.2 Å². The third-order valence-corrected chi connectivity index (χ3v) is 11.5. The summed E-state index contributed by atoms with van der Waals surface area (Å²) in [5.74, 6) is -4.43. The van der Waals surface area contributed by atoms with E-state index in [0.717, 1.165) is 37.0 Å². The van der Waals surface area contributed by atoms with Crippen molar-refractivity contribution in [2.75, 3.05) is 44.3 Å². The number of rotatable bonds is 10. The molecule has 4 aliphatic rings.